The van der Waals surface area contributed by atoms with Crippen molar-refractivity contribution in [3.05, 3.63) is 0 Å². The number of hydrogen-bond acceptors (Lipinski definition) is 2. The van der Waals surface area contributed by atoms with E-state index in [2.05, 4.69) is 39.5 Å². The minimum atomic E-state index is 0.386. The first-order valence-electron chi connectivity index (χ1n) is 6.93. The van der Waals surface area contributed by atoms with E-state index < -0.39 is 0 Å². The highest BCUT2D eigenvalue weighted by Crippen LogP contribution is 2.28. The lowest BCUT2D eigenvalue weighted by atomic mass is 9.82. The van der Waals surface area contributed by atoms with Gasteiger partial charge >= 0.3 is 0 Å². The van der Waals surface area contributed by atoms with Crippen LogP contribution in [0.3, 0.4) is 0 Å². The molecule has 1 aliphatic rings. The highest BCUT2D eigenvalue weighted by Gasteiger charge is 2.32. The van der Waals surface area contributed by atoms with Gasteiger partial charge in [-0.1, -0.05) is 20.8 Å². The van der Waals surface area contributed by atoms with Gasteiger partial charge in [0.2, 0.25) is 0 Å². The molecule has 0 amide bonds. The van der Waals surface area contributed by atoms with Crippen LogP contribution in [-0.4, -0.2) is 29.6 Å². The number of hydrogen-bond donors (Lipinski definition) is 1. The summed E-state index contributed by atoms with van der Waals surface area (Å²) in [6.45, 7) is 12.7. The summed E-state index contributed by atoms with van der Waals surface area (Å²) in [5.41, 5.74) is 6.31. The Morgan fingerprint density at radius 3 is 2.31 bits per heavy atom. The Morgan fingerprint density at radius 1 is 1.19 bits per heavy atom. The molecule has 1 saturated carbocycles. The normalized spacial score (nSPS) is 31.7. The maximum absolute atomic E-state index is 6.31. The molecule has 3 unspecified atom stereocenters. The van der Waals surface area contributed by atoms with Crippen molar-refractivity contribution in [2.24, 2.45) is 17.6 Å². The Bertz CT molecular complexity index is 199. The Balaban J connectivity index is 2.67. The SMILES string of the molecule is CC(C)CN(C(C)C)C1CC(C)CCC1N. The molecule has 3 atom stereocenters. The zero-order valence-corrected chi connectivity index (χ0v) is 11.7. The zero-order valence-electron chi connectivity index (χ0n) is 11.7. The third-order valence-electron chi connectivity index (χ3n) is 3.80. The van der Waals surface area contributed by atoms with E-state index in [9.17, 15) is 0 Å². The molecule has 0 aromatic rings. The molecule has 0 bridgehead atoms. The lowest BCUT2D eigenvalue weighted by Gasteiger charge is -2.43. The van der Waals surface area contributed by atoms with Crippen molar-refractivity contribution >= 4 is 0 Å². The van der Waals surface area contributed by atoms with E-state index >= 15 is 0 Å². The topological polar surface area (TPSA) is 29.3 Å². The molecule has 0 aromatic heterocycles. The van der Waals surface area contributed by atoms with Crippen molar-refractivity contribution in [1.82, 2.24) is 4.90 Å². The highest BCUT2D eigenvalue weighted by molar-refractivity contribution is 4.89. The van der Waals surface area contributed by atoms with Gasteiger partial charge in [0.1, 0.15) is 0 Å². The third kappa shape index (κ3) is 3.74. The molecule has 1 fully saturated rings. The Kier molecular flexibility index (Phi) is 5.26. The second kappa shape index (κ2) is 6.02. The fraction of sp³-hybridized carbons (Fsp3) is 1.00. The molecule has 0 saturated heterocycles. The fourth-order valence-corrected chi connectivity index (χ4v) is 2.91. The minimum Gasteiger partial charge on any atom is -0.326 e. The van der Waals surface area contributed by atoms with E-state index in [0.29, 0.717) is 18.1 Å². The first-order valence-corrected chi connectivity index (χ1v) is 6.93. The van der Waals surface area contributed by atoms with E-state index in [-0.39, 0.29) is 0 Å². The quantitative estimate of drug-likeness (QED) is 0.798. The average molecular weight is 226 g/mol. The largest absolute Gasteiger partial charge is 0.326 e. The third-order valence-corrected chi connectivity index (χ3v) is 3.80. The lowest BCUT2D eigenvalue weighted by molar-refractivity contribution is 0.0760. The molecule has 16 heavy (non-hydrogen) atoms. The van der Waals surface area contributed by atoms with Crippen LogP contribution in [0.1, 0.15) is 53.9 Å². The van der Waals surface area contributed by atoms with Crippen LogP contribution in [0.2, 0.25) is 0 Å². The molecule has 1 rings (SSSR count). The van der Waals surface area contributed by atoms with Crippen LogP contribution in [-0.2, 0) is 0 Å². The summed E-state index contributed by atoms with van der Waals surface area (Å²) in [6.07, 6.45) is 3.80. The van der Waals surface area contributed by atoms with Crippen molar-refractivity contribution in [2.75, 3.05) is 6.54 Å². The minimum absolute atomic E-state index is 0.386. The smallest absolute Gasteiger partial charge is 0.0252 e. The van der Waals surface area contributed by atoms with Crippen LogP contribution in [0, 0.1) is 11.8 Å². The van der Waals surface area contributed by atoms with E-state index in [4.69, 9.17) is 5.73 Å². The Morgan fingerprint density at radius 2 is 1.81 bits per heavy atom. The summed E-state index contributed by atoms with van der Waals surface area (Å²) >= 11 is 0. The fourth-order valence-electron chi connectivity index (χ4n) is 2.91. The summed E-state index contributed by atoms with van der Waals surface area (Å²) < 4.78 is 0. The van der Waals surface area contributed by atoms with Crippen LogP contribution in [0.15, 0.2) is 0 Å². The van der Waals surface area contributed by atoms with Crippen LogP contribution >= 0.6 is 0 Å². The summed E-state index contributed by atoms with van der Waals surface area (Å²) in [5, 5.41) is 0. The maximum atomic E-state index is 6.31. The van der Waals surface area contributed by atoms with Gasteiger partial charge in [0.05, 0.1) is 0 Å². The Hall–Kier alpha value is -0.0800. The van der Waals surface area contributed by atoms with Crippen LogP contribution in [0.5, 0.6) is 0 Å². The highest BCUT2D eigenvalue weighted by atomic mass is 15.2. The van der Waals surface area contributed by atoms with Gasteiger partial charge in [0.15, 0.2) is 0 Å². The second-order valence-corrected chi connectivity index (χ2v) is 6.33. The molecule has 96 valence electrons. The van der Waals surface area contributed by atoms with Crippen molar-refractivity contribution in [2.45, 2.75) is 72.0 Å². The van der Waals surface area contributed by atoms with Crippen molar-refractivity contribution in [1.29, 1.82) is 0 Å². The van der Waals surface area contributed by atoms with Gasteiger partial charge in [0.25, 0.3) is 0 Å². The van der Waals surface area contributed by atoms with Gasteiger partial charge in [0, 0.05) is 24.7 Å². The van der Waals surface area contributed by atoms with Gasteiger partial charge in [-0.25, -0.2) is 0 Å². The summed E-state index contributed by atoms with van der Waals surface area (Å²) in [4.78, 5) is 2.63. The Labute approximate surface area is 102 Å². The first-order chi connectivity index (χ1) is 7.41. The first kappa shape index (κ1) is 14.0. The van der Waals surface area contributed by atoms with Crippen molar-refractivity contribution in [3.8, 4) is 0 Å². The van der Waals surface area contributed by atoms with Crippen molar-refractivity contribution < 1.29 is 0 Å². The van der Waals surface area contributed by atoms with Crippen LogP contribution in [0.4, 0.5) is 0 Å². The zero-order chi connectivity index (χ0) is 12.3. The summed E-state index contributed by atoms with van der Waals surface area (Å²) in [5.74, 6) is 1.57. The number of nitrogens with zero attached hydrogens (tertiary/aromatic N) is 1. The van der Waals surface area contributed by atoms with Gasteiger partial charge in [-0.2, -0.15) is 0 Å². The molecular formula is C14H30N2. The van der Waals surface area contributed by atoms with E-state index in [1.165, 1.54) is 25.8 Å². The van der Waals surface area contributed by atoms with E-state index in [1.807, 2.05) is 0 Å². The molecular weight excluding hydrogens is 196 g/mol. The molecule has 1 aliphatic carbocycles. The van der Waals surface area contributed by atoms with Gasteiger partial charge in [-0.05, 0) is 44.9 Å². The molecule has 0 aromatic carbocycles. The molecule has 0 spiro atoms. The maximum Gasteiger partial charge on any atom is 0.0252 e. The molecule has 2 heteroatoms. The van der Waals surface area contributed by atoms with Gasteiger partial charge in [-0.15, -0.1) is 0 Å². The molecule has 0 aliphatic heterocycles. The average Bonchev–Trinajstić information content (AvgIpc) is 2.18. The predicted molar refractivity (Wildman–Crippen MR) is 71.5 cm³/mol. The lowest BCUT2D eigenvalue weighted by Crippen LogP contribution is -2.54. The van der Waals surface area contributed by atoms with E-state index in [0.717, 1.165) is 11.8 Å². The van der Waals surface area contributed by atoms with Gasteiger partial charge in [-0.3, -0.25) is 4.90 Å². The summed E-state index contributed by atoms with van der Waals surface area (Å²) in [6, 6.07) is 1.60. The van der Waals surface area contributed by atoms with E-state index in [1.54, 1.807) is 0 Å². The molecule has 2 N–H and O–H groups in total. The monoisotopic (exact) mass is 226 g/mol. The van der Waals surface area contributed by atoms with Crippen LogP contribution in [0.25, 0.3) is 0 Å². The second-order valence-electron chi connectivity index (χ2n) is 6.33. The number of nitrogens with two attached hydrogens (primary N) is 1. The standard InChI is InChI=1S/C14H30N2/c1-10(2)9-16(11(3)4)14-8-12(5)6-7-13(14)15/h10-14H,6-9,15H2,1-5H3. The summed E-state index contributed by atoms with van der Waals surface area (Å²) in [7, 11) is 0. The molecule has 2 nitrogen and oxygen atoms in total. The predicted octanol–water partition coefficient (Wildman–Crippen LogP) is 2.87. The van der Waals surface area contributed by atoms with Crippen molar-refractivity contribution in [3.63, 3.8) is 0 Å². The molecule has 0 radical (unpaired) electrons. The van der Waals surface area contributed by atoms with Crippen LogP contribution < -0.4 is 5.73 Å². The molecule has 0 heterocycles. The number of rotatable bonds is 4. The van der Waals surface area contributed by atoms with Gasteiger partial charge < -0.3 is 5.73 Å².